The second kappa shape index (κ2) is 7.78. The van der Waals surface area contributed by atoms with Gasteiger partial charge in [-0.25, -0.2) is 15.0 Å². The Balaban J connectivity index is 1.78. The average Bonchev–Trinajstić information content (AvgIpc) is 3.07. The van der Waals surface area contributed by atoms with Crippen LogP contribution in [0.2, 0.25) is 0 Å². The zero-order chi connectivity index (χ0) is 18.8. The Kier molecular flexibility index (Phi) is 5.65. The van der Waals surface area contributed by atoms with Crippen molar-refractivity contribution < 1.29 is 19.8 Å². The Morgan fingerprint density at radius 1 is 1.35 bits per heavy atom. The Bertz CT molecular complexity index is 755. The third kappa shape index (κ3) is 3.49. The molecule has 0 amide bonds. The molecule has 0 aliphatic carbocycles. The lowest BCUT2D eigenvalue weighted by Gasteiger charge is -2.22. The van der Waals surface area contributed by atoms with Crippen molar-refractivity contribution in [1.29, 1.82) is 0 Å². The number of nitrogens with zero attached hydrogens (tertiary/aromatic N) is 5. The van der Waals surface area contributed by atoms with Gasteiger partial charge in [-0.3, -0.25) is 9.40 Å². The van der Waals surface area contributed by atoms with Gasteiger partial charge in [0.25, 0.3) is 0 Å². The fourth-order valence-corrected chi connectivity index (χ4v) is 3.04. The number of imidazole rings is 1. The van der Waals surface area contributed by atoms with E-state index in [1.807, 2.05) is 0 Å². The molecule has 144 valence electrons. The van der Waals surface area contributed by atoms with Crippen molar-refractivity contribution in [3.63, 3.8) is 0 Å². The first-order chi connectivity index (χ1) is 12.4. The van der Waals surface area contributed by atoms with E-state index in [4.69, 9.17) is 21.0 Å². The van der Waals surface area contributed by atoms with Crippen molar-refractivity contribution in [1.82, 2.24) is 24.6 Å². The number of nitrogen functional groups attached to an aromatic ring is 1. The molecule has 6 N–H and O–H groups in total. The van der Waals surface area contributed by atoms with Crippen LogP contribution in [0, 0.1) is 6.92 Å². The minimum atomic E-state index is -1.15. The highest BCUT2D eigenvalue weighted by molar-refractivity contribution is 5.81. The van der Waals surface area contributed by atoms with Crippen molar-refractivity contribution in [3.05, 3.63) is 12.2 Å². The summed E-state index contributed by atoms with van der Waals surface area (Å²) in [5, 5.41) is 22.5. The van der Waals surface area contributed by atoms with Crippen LogP contribution in [0.25, 0.3) is 11.2 Å². The number of likely N-dealkylation sites (N-methyl/N-ethyl adjacent to an activating group) is 1. The summed E-state index contributed by atoms with van der Waals surface area (Å²) in [5.74, 6) is 0.797. The molecule has 11 heteroatoms. The van der Waals surface area contributed by atoms with E-state index in [0.29, 0.717) is 30.1 Å². The molecular weight excluding hydrogens is 342 g/mol. The number of hydrogen-bond acceptors (Lipinski definition) is 10. The van der Waals surface area contributed by atoms with Gasteiger partial charge in [-0.1, -0.05) is 0 Å². The SMILES string of the molecule is Cc1nc2c(N)ncnc2n1[C@@H]1O[C@H](CN(C)OCCCN)[C@@H](O)[C@H]1O. The standard InChI is InChI=1S/C15H25N7O4/c1-8-20-10-13(17)18-7-19-14(10)22(8)15-12(24)11(23)9(26-15)6-21(2)25-5-3-4-16/h7,9,11-12,15,23-24H,3-6,16H2,1-2H3,(H2,17,18,19)/t9-,11-,12-,15-/m1/s1. The number of nitrogens with two attached hydrogens (primary N) is 2. The molecule has 11 nitrogen and oxygen atoms in total. The first-order valence-electron chi connectivity index (χ1n) is 8.44. The van der Waals surface area contributed by atoms with E-state index in [1.165, 1.54) is 6.33 Å². The number of anilines is 1. The normalized spacial score (nSPS) is 26.2. The van der Waals surface area contributed by atoms with Crippen LogP contribution in [-0.2, 0) is 9.57 Å². The van der Waals surface area contributed by atoms with Crippen LogP contribution in [0.15, 0.2) is 6.33 Å². The summed E-state index contributed by atoms with van der Waals surface area (Å²) < 4.78 is 7.53. The van der Waals surface area contributed by atoms with E-state index in [2.05, 4.69) is 15.0 Å². The zero-order valence-electron chi connectivity index (χ0n) is 14.8. The summed E-state index contributed by atoms with van der Waals surface area (Å²) in [6.45, 7) is 3.04. The largest absolute Gasteiger partial charge is 0.387 e. The zero-order valence-corrected chi connectivity index (χ0v) is 14.8. The maximum Gasteiger partial charge on any atom is 0.167 e. The third-order valence-electron chi connectivity index (χ3n) is 4.37. The molecule has 1 fully saturated rings. The summed E-state index contributed by atoms with van der Waals surface area (Å²) in [5.41, 5.74) is 12.2. The lowest BCUT2D eigenvalue weighted by Crippen LogP contribution is -2.38. The highest BCUT2D eigenvalue weighted by atomic mass is 16.7. The maximum absolute atomic E-state index is 10.5. The molecule has 26 heavy (non-hydrogen) atoms. The number of ether oxygens (including phenoxy) is 1. The summed E-state index contributed by atoms with van der Waals surface area (Å²) in [6, 6.07) is 0. The minimum Gasteiger partial charge on any atom is -0.387 e. The van der Waals surface area contributed by atoms with Crippen LogP contribution in [-0.4, -0.2) is 79.9 Å². The number of aryl methyl sites for hydroxylation is 1. The maximum atomic E-state index is 10.5. The molecule has 3 heterocycles. The van der Waals surface area contributed by atoms with Gasteiger partial charge >= 0.3 is 0 Å². The number of aliphatic hydroxyl groups is 2. The molecule has 0 saturated carbocycles. The van der Waals surface area contributed by atoms with Gasteiger partial charge in [0.15, 0.2) is 23.2 Å². The van der Waals surface area contributed by atoms with Gasteiger partial charge in [0, 0.05) is 7.05 Å². The second-order valence-corrected chi connectivity index (χ2v) is 6.29. The van der Waals surface area contributed by atoms with E-state index in [0.717, 1.165) is 6.42 Å². The van der Waals surface area contributed by atoms with Crippen LogP contribution >= 0.6 is 0 Å². The molecule has 0 radical (unpaired) electrons. The molecule has 2 aromatic rings. The fourth-order valence-electron chi connectivity index (χ4n) is 3.04. The number of aromatic nitrogens is 4. The van der Waals surface area contributed by atoms with Crippen LogP contribution in [0.1, 0.15) is 18.5 Å². The fraction of sp³-hybridized carbons (Fsp3) is 0.667. The number of hydroxylamine groups is 2. The molecule has 1 saturated heterocycles. The molecular formula is C15H25N7O4. The lowest BCUT2D eigenvalue weighted by molar-refractivity contribution is -0.168. The van der Waals surface area contributed by atoms with E-state index < -0.39 is 24.5 Å². The van der Waals surface area contributed by atoms with E-state index in [1.54, 1.807) is 23.6 Å². The lowest BCUT2D eigenvalue weighted by atomic mass is 10.1. The van der Waals surface area contributed by atoms with Gasteiger partial charge in [-0.2, -0.15) is 5.06 Å². The van der Waals surface area contributed by atoms with Crippen molar-refractivity contribution in [3.8, 4) is 0 Å². The van der Waals surface area contributed by atoms with E-state index in [-0.39, 0.29) is 12.4 Å². The van der Waals surface area contributed by atoms with Gasteiger partial charge in [0.05, 0.1) is 13.2 Å². The quantitative estimate of drug-likeness (QED) is 0.337. The third-order valence-corrected chi connectivity index (χ3v) is 4.37. The molecule has 4 atom stereocenters. The van der Waals surface area contributed by atoms with E-state index >= 15 is 0 Å². The van der Waals surface area contributed by atoms with Crippen LogP contribution in [0.5, 0.6) is 0 Å². The smallest absolute Gasteiger partial charge is 0.167 e. The summed E-state index contributed by atoms with van der Waals surface area (Å²) in [4.78, 5) is 17.9. The molecule has 0 spiro atoms. The predicted molar refractivity (Wildman–Crippen MR) is 92.6 cm³/mol. The predicted octanol–water partition coefficient (Wildman–Crippen LogP) is -1.45. The van der Waals surface area contributed by atoms with Crippen LogP contribution < -0.4 is 11.5 Å². The Labute approximate surface area is 150 Å². The van der Waals surface area contributed by atoms with E-state index in [9.17, 15) is 10.2 Å². The van der Waals surface area contributed by atoms with Crippen LogP contribution in [0.3, 0.4) is 0 Å². The number of fused-ring (bicyclic) bond motifs is 1. The van der Waals surface area contributed by atoms with Crippen molar-refractivity contribution in [2.45, 2.75) is 37.9 Å². The monoisotopic (exact) mass is 367 g/mol. The topological polar surface area (TPSA) is 158 Å². The van der Waals surface area contributed by atoms with Gasteiger partial charge in [0.1, 0.15) is 30.5 Å². The van der Waals surface area contributed by atoms with Gasteiger partial charge < -0.3 is 26.4 Å². The second-order valence-electron chi connectivity index (χ2n) is 6.29. The summed E-state index contributed by atoms with van der Waals surface area (Å²) in [6.07, 6.45) is -1.67. The van der Waals surface area contributed by atoms with Crippen molar-refractivity contribution >= 4 is 17.0 Å². The molecule has 1 aliphatic rings. The number of aliphatic hydroxyl groups excluding tert-OH is 2. The average molecular weight is 367 g/mol. The molecule has 3 rings (SSSR count). The Hall–Kier alpha value is -1.89. The Morgan fingerprint density at radius 3 is 2.85 bits per heavy atom. The number of hydrogen-bond donors (Lipinski definition) is 4. The van der Waals surface area contributed by atoms with Gasteiger partial charge in [-0.05, 0) is 19.9 Å². The molecule has 0 aromatic carbocycles. The number of rotatable bonds is 7. The van der Waals surface area contributed by atoms with Crippen LogP contribution in [0.4, 0.5) is 5.82 Å². The molecule has 2 aromatic heterocycles. The first-order valence-corrected chi connectivity index (χ1v) is 8.44. The van der Waals surface area contributed by atoms with Crippen molar-refractivity contribution in [2.24, 2.45) is 5.73 Å². The molecule has 1 aliphatic heterocycles. The molecule has 0 unspecified atom stereocenters. The van der Waals surface area contributed by atoms with Crippen molar-refractivity contribution in [2.75, 3.05) is 32.5 Å². The van der Waals surface area contributed by atoms with Gasteiger partial charge in [-0.15, -0.1) is 0 Å². The van der Waals surface area contributed by atoms with Gasteiger partial charge in [0.2, 0.25) is 0 Å². The Morgan fingerprint density at radius 2 is 2.12 bits per heavy atom. The first kappa shape index (κ1) is 18.9. The minimum absolute atomic E-state index is 0.245. The molecule has 0 bridgehead atoms. The summed E-state index contributed by atoms with van der Waals surface area (Å²) in [7, 11) is 1.73. The summed E-state index contributed by atoms with van der Waals surface area (Å²) >= 11 is 0. The highest BCUT2D eigenvalue weighted by Crippen LogP contribution is 2.33. The highest BCUT2D eigenvalue weighted by Gasteiger charge is 2.45.